The third-order valence-corrected chi connectivity index (χ3v) is 10.5. The molecule has 3 rings (SSSR count). The van der Waals surface area contributed by atoms with Crippen LogP contribution in [0, 0.1) is 11.8 Å². The molecule has 5 atom stereocenters. The molecule has 0 bridgehead atoms. The Hall–Kier alpha value is -3.57. The molecular weight excluding hydrogens is 639 g/mol. The molecule has 0 saturated carbocycles. The van der Waals surface area contributed by atoms with Gasteiger partial charge in [0.15, 0.2) is 0 Å². The molecule has 0 aliphatic carbocycles. The van der Waals surface area contributed by atoms with Crippen LogP contribution in [0.2, 0.25) is 0 Å². The van der Waals surface area contributed by atoms with E-state index >= 15 is 0 Å². The van der Waals surface area contributed by atoms with Crippen LogP contribution in [-0.2, 0) is 32.0 Å². The maximum absolute atomic E-state index is 14.0. The van der Waals surface area contributed by atoms with Crippen LogP contribution in [0.15, 0.2) is 47.4 Å². The van der Waals surface area contributed by atoms with Gasteiger partial charge in [-0.3, -0.25) is 19.3 Å². The van der Waals surface area contributed by atoms with Gasteiger partial charge in [-0.1, -0.05) is 76.9 Å². The van der Waals surface area contributed by atoms with Crippen LogP contribution < -0.4 is 10.6 Å². The Morgan fingerprint density at radius 1 is 1.10 bits per heavy atom. The molecule has 0 spiro atoms. The van der Waals surface area contributed by atoms with Gasteiger partial charge in [0, 0.05) is 30.5 Å². The van der Waals surface area contributed by atoms with E-state index in [4.69, 9.17) is 4.74 Å². The summed E-state index contributed by atoms with van der Waals surface area (Å²) in [5.41, 5.74) is 1.77. The zero-order valence-corrected chi connectivity index (χ0v) is 31.5. The fourth-order valence-electron chi connectivity index (χ4n) is 6.37. The number of ether oxygens (including phenoxy) is 1. The third kappa shape index (κ3) is 11.8. The van der Waals surface area contributed by atoms with Gasteiger partial charge < -0.3 is 20.3 Å². The fourth-order valence-corrected chi connectivity index (χ4v) is 7.17. The number of nitrogens with one attached hydrogen (secondary N) is 2. The van der Waals surface area contributed by atoms with Crippen molar-refractivity contribution in [2.24, 2.45) is 11.8 Å². The van der Waals surface area contributed by atoms with E-state index in [1.54, 1.807) is 30.2 Å². The second kappa shape index (κ2) is 19.6. The average Bonchev–Trinajstić information content (AvgIpc) is 3.56. The van der Waals surface area contributed by atoms with E-state index in [1.165, 1.54) is 11.3 Å². The molecule has 1 aliphatic heterocycles. The van der Waals surface area contributed by atoms with Gasteiger partial charge in [0.2, 0.25) is 11.8 Å². The molecule has 1 fully saturated rings. The van der Waals surface area contributed by atoms with Crippen LogP contribution in [0.5, 0.6) is 0 Å². The highest BCUT2D eigenvalue weighted by Crippen LogP contribution is 2.23. The first kappa shape index (κ1) is 39.9. The molecule has 2 N–H and O–H groups in total. The number of piperidine rings is 1. The number of nitrogens with zero attached hydrogens (tertiary/aromatic N) is 3. The minimum Gasteiger partial charge on any atom is -0.463 e. The number of amides is 3. The van der Waals surface area contributed by atoms with Gasteiger partial charge in [-0.15, -0.1) is 11.3 Å². The van der Waals surface area contributed by atoms with Crippen molar-refractivity contribution in [2.45, 2.75) is 111 Å². The highest BCUT2D eigenvalue weighted by atomic mass is 32.1. The number of carbonyl (C=O) groups excluding carboxylic acids is 4. The summed E-state index contributed by atoms with van der Waals surface area (Å²) in [5, 5.41) is 8.73. The molecule has 49 heavy (non-hydrogen) atoms. The first-order valence-electron chi connectivity index (χ1n) is 17.8. The number of esters is 1. The van der Waals surface area contributed by atoms with Crippen molar-refractivity contribution >= 4 is 35.0 Å². The van der Waals surface area contributed by atoms with Crippen molar-refractivity contribution in [2.75, 3.05) is 27.2 Å². The molecule has 3 amide bonds. The minimum absolute atomic E-state index is 0.0118. The summed E-state index contributed by atoms with van der Waals surface area (Å²) in [6.45, 7) is 12.9. The monoisotopic (exact) mass is 695 g/mol. The Labute approximate surface area is 297 Å². The number of hydrogen-bond donors (Lipinski definition) is 2. The van der Waals surface area contributed by atoms with Crippen molar-refractivity contribution in [3.63, 3.8) is 0 Å². The summed E-state index contributed by atoms with van der Waals surface area (Å²) >= 11 is 1.42. The van der Waals surface area contributed by atoms with Crippen LogP contribution in [0.3, 0.4) is 0 Å². The number of carbonyl (C=O) groups is 4. The number of aromatic nitrogens is 1. The number of aryl methyl sites for hydroxylation is 1. The summed E-state index contributed by atoms with van der Waals surface area (Å²) in [6, 6.07) is 8.45. The SMILES string of the molecule is CCOC(=O)/C(C)=C/[C@H](Cc1ccccc1)NC(=O)c1csc(CC[C@H](C(C)C)N(C)C(=O)[C@@H](NC(=O)[C@H]2CCCCN2C)[C@@H](C)CC)n1. The Bertz CT molecular complexity index is 1410. The van der Waals surface area contributed by atoms with E-state index < -0.39 is 18.1 Å². The van der Waals surface area contributed by atoms with Crippen LogP contribution in [0.4, 0.5) is 0 Å². The predicted molar refractivity (Wildman–Crippen MR) is 195 cm³/mol. The zero-order chi connectivity index (χ0) is 36.1. The lowest BCUT2D eigenvalue weighted by molar-refractivity contribution is -0.141. The molecule has 1 saturated heterocycles. The quantitative estimate of drug-likeness (QED) is 0.167. The third-order valence-electron chi connectivity index (χ3n) is 9.57. The van der Waals surface area contributed by atoms with Gasteiger partial charge in [-0.2, -0.15) is 0 Å². The highest BCUT2D eigenvalue weighted by Gasteiger charge is 2.35. The van der Waals surface area contributed by atoms with Gasteiger partial charge >= 0.3 is 5.97 Å². The van der Waals surface area contributed by atoms with Crippen LogP contribution >= 0.6 is 11.3 Å². The van der Waals surface area contributed by atoms with E-state index in [1.807, 2.05) is 58.3 Å². The van der Waals surface area contributed by atoms with Gasteiger partial charge in [0.1, 0.15) is 11.7 Å². The van der Waals surface area contributed by atoms with Gasteiger partial charge in [-0.05, 0) is 70.5 Å². The molecule has 1 aromatic carbocycles. The number of benzene rings is 1. The van der Waals surface area contributed by atoms with E-state index in [0.29, 0.717) is 30.5 Å². The van der Waals surface area contributed by atoms with E-state index in [9.17, 15) is 19.2 Å². The van der Waals surface area contributed by atoms with Gasteiger partial charge in [0.05, 0.1) is 23.7 Å². The maximum atomic E-state index is 14.0. The lowest BCUT2D eigenvalue weighted by Crippen LogP contribution is -2.57. The number of rotatable bonds is 17. The van der Waals surface area contributed by atoms with Crippen molar-refractivity contribution in [3.8, 4) is 0 Å². The molecule has 11 heteroatoms. The van der Waals surface area contributed by atoms with Crippen molar-refractivity contribution in [3.05, 3.63) is 63.6 Å². The minimum atomic E-state index is -0.598. The van der Waals surface area contributed by atoms with Gasteiger partial charge in [-0.25, -0.2) is 9.78 Å². The second-order valence-electron chi connectivity index (χ2n) is 13.6. The fraction of sp³-hybridized carbons (Fsp3) is 0.605. The molecule has 1 aliphatic rings. The number of thiazole rings is 1. The Kier molecular flexibility index (Phi) is 15.9. The van der Waals surface area contributed by atoms with Crippen LogP contribution in [0.1, 0.15) is 94.7 Å². The Morgan fingerprint density at radius 3 is 2.45 bits per heavy atom. The zero-order valence-electron chi connectivity index (χ0n) is 30.7. The summed E-state index contributed by atoms with van der Waals surface area (Å²) in [4.78, 5) is 61.5. The summed E-state index contributed by atoms with van der Waals surface area (Å²) in [7, 11) is 3.81. The average molecular weight is 696 g/mol. The van der Waals surface area contributed by atoms with Crippen molar-refractivity contribution in [1.82, 2.24) is 25.4 Å². The molecule has 2 aromatic rings. The largest absolute Gasteiger partial charge is 0.463 e. The molecule has 10 nitrogen and oxygen atoms in total. The Morgan fingerprint density at radius 2 is 1.82 bits per heavy atom. The van der Waals surface area contributed by atoms with Crippen molar-refractivity contribution < 1.29 is 23.9 Å². The normalized spacial score (nSPS) is 17.9. The van der Waals surface area contributed by atoms with E-state index in [-0.39, 0.29) is 48.2 Å². The standard InChI is InChI=1S/C38H57N5O5S/c1-9-26(5)34(41-36(45)32-18-14-15-21-42(32)7)37(46)43(8)31(25(3)4)19-20-33-40-30(24-49-33)35(44)39-29(22-27(6)38(47)48-10-2)23-28-16-12-11-13-17-28/h11-13,16-17,22,24-26,29,31-32,34H,9-10,14-15,18-21,23H2,1-8H3,(H,39,44)(H,41,45)/b27-22+/t26-,29+,31+,32+,34-/m0/s1. The first-order valence-corrected chi connectivity index (χ1v) is 18.7. The van der Waals surface area contributed by atoms with E-state index in [2.05, 4.69) is 34.4 Å². The Balaban J connectivity index is 1.68. The molecule has 2 heterocycles. The lowest BCUT2D eigenvalue weighted by atomic mass is 9.93. The molecule has 0 radical (unpaired) electrons. The summed E-state index contributed by atoms with van der Waals surface area (Å²) in [5.74, 6) is -0.718. The summed E-state index contributed by atoms with van der Waals surface area (Å²) in [6.07, 6.45) is 7.18. The maximum Gasteiger partial charge on any atom is 0.333 e. The molecule has 1 aromatic heterocycles. The predicted octanol–water partition coefficient (Wildman–Crippen LogP) is 5.42. The number of likely N-dealkylation sites (tertiary alicyclic amines) is 1. The summed E-state index contributed by atoms with van der Waals surface area (Å²) < 4.78 is 5.14. The van der Waals surface area contributed by atoms with E-state index in [0.717, 1.165) is 42.8 Å². The number of hydrogen-bond acceptors (Lipinski definition) is 8. The topological polar surface area (TPSA) is 121 Å². The van der Waals surface area contributed by atoms with Crippen LogP contribution in [-0.4, -0.2) is 89.9 Å². The van der Waals surface area contributed by atoms with Crippen LogP contribution in [0.25, 0.3) is 0 Å². The molecule has 0 unspecified atom stereocenters. The lowest BCUT2D eigenvalue weighted by Gasteiger charge is -2.37. The second-order valence-corrected chi connectivity index (χ2v) is 14.6. The van der Waals surface area contributed by atoms with Crippen molar-refractivity contribution in [1.29, 1.82) is 0 Å². The number of likely N-dealkylation sites (N-methyl/N-ethyl adjacent to an activating group) is 2. The molecule has 270 valence electrons. The highest BCUT2D eigenvalue weighted by molar-refractivity contribution is 7.09. The first-order chi connectivity index (χ1) is 23.4. The molecular formula is C38H57N5O5S. The van der Waals surface area contributed by atoms with Gasteiger partial charge in [0.25, 0.3) is 5.91 Å². The smallest absolute Gasteiger partial charge is 0.333 e.